The third-order valence-corrected chi connectivity index (χ3v) is 3.56. The third kappa shape index (κ3) is 6.33. The molecule has 0 amide bonds. The number of rotatable bonds is 9. The SMILES string of the molecule is CCOc1ccc(C(=O)OCC(C)OC(=O)c2ccc(OCC)cc2)cc1. The van der Waals surface area contributed by atoms with Crippen LogP contribution in [0.5, 0.6) is 11.5 Å². The molecule has 2 rings (SSSR count). The highest BCUT2D eigenvalue weighted by atomic mass is 16.6. The second kappa shape index (κ2) is 10.2. The van der Waals surface area contributed by atoms with Gasteiger partial charge >= 0.3 is 11.9 Å². The minimum absolute atomic E-state index is 0.0329. The van der Waals surface area contributed by atoms with Gasteiger partial charge in [0, 0.05) is 0 Å². The van der Waals surface area contributed by atoms with E-state index < -0.39 is 18.0 Å². The molecular formula is C21H24O6. The van der Waals surface area contributed by atoms with Crippen molar-refractivity contribution in [1.82, 2.24) is 0 Å². The van der Waals surface area contributed by atoms with Gasteiger partial charge in [-0.05, 0) is 69.3 Å². The van der Waals surface area contributed by atoms with Crippen molar-refractivity contribution in [3.05, 3.63) is 59.7 Å². The molecule has 0 saturated carbocycles. The fourth-order valence-electron chi connectivity index (χ4n) is 2.27. The Morgan fingerprint density at radius 1 is 0.778 bits per heavy atom. The highest BCUT2D eigenvalue weighted by molar-refractivity contribution is 5.90. The summed E-state index contributed by atoms with van der Waals surface area (Å²) in [6, 6.07) is 13.3. The number of hydrogen-bond donors (Lipinski definition) is 0. The van der Waals surface area contributed by atoms with Crippen LogP contribution in [0.2, 0.25) is 0 Å². The maximum Gasteiger partial charge on any atom is 0.338 e. The van der Waals surface area contributed by atoms with Crippen LogP contribution >= 0.6 is 0 Å². The summed E-state index contributed by atoms with van der Waals surface area (Å²) in [5.74, 6) is 0.405. The van der Waals surface area contributed by atoms with E-state index in [0.717, 1.165) is 0 Å². The van der Waals surface area contributed by atoms with E-state index in [1.165, 1.54) is 0 Å². The van der Waals surface area contributed by atoms with Crippen molar-refractivity contribution in [3.63, 3.8) is 0 Å². The Hall–Kier alpha value is -3.02. The average molecular weight is 372 g/mol. The molecule has 6 heteroatoms. The molecule has 0 aliphatic rings. The van der Waals surface area contributed by atoms with Gasteiger partial charge in [0.25, 0.3) is 0 Å². The molecule has 0 saturated heterocycles. The van der Waals surface area contributed by atoms with Gasteiger partial charge in [0.05, 0.1) is 24.3 Å². The van der Waals surface area contributed by atoms with Gasteiger partial charge in [-0.3, -0.25) is 0 Å². The number of hydrogen-bond acceptors (Lipinski definition) is 6. The Labute approximate surface area is 159 Å². The lowest BCUT2D eigenvalue weighted by atomic mass is 10.2. The lowest BCUT2D eigenvalue weighted by Crippen LogP contribution is -2.22. The van der Waals surface area contributed by atoms with Crippen molar-refractivity contribution < 1.29 is 28.5 Å². The molecule has 0 radical (unpaired) electrons. The molecule has 0 heterocycles. The van der Waals surface area contributed by atoms with Gasteiger partial charge in [-0.15, -0.1) is 0 Å². The van der Waals surface area contributed by atoms with Gasteiger partial charge in [-0.25, -0.2) is 9.59 Å². The quantitative estimate of drug-likeness (QED) is 0.622. The van der Waals surface area contributed by atoms with Crippen LogP contribution in [-0.2, 0) is 9.47 Å². The standard InChI is InChI=1S/C21H24O6/c1-4-24-18-10-6-16(7-11-18)20(22)26-14-15(3)27-21(23)17-8-12-19(13-9-17)25-5-2/h6-13,15H,4-5,14H2,1-3H3. The molecule has 0 fully saturated rings. The summed E-state index contributed by atoms with van der Waals surface area (Å²) in [4.78, 5) is 24.2. The molecule has 6 nitrogen and oxygen atoms in total. The molecule has 2 aromatic rings. The van der Waals surface area contributed by atoms with E-state index in [4.69, 9.17) is 18.9 Å². The normalized spacial score (nSPS) is 11.4. The Morgan fingerprint density at radius 2 is 1.22 bits per heavy atom. The highest BCUT2D eigenvalue weighted by Gasteiger charge is 2.15. The van der Waals surface area contributed by atoms with Crippen molar-refractivity contribution >= 4 is 11.9 Å². The molecule has 1 atom stereocenters. The molecule has 1 unspecified atom stereocenters. The average Bonchev–Trinajstić information content (AvgIpc) is 2.68. The zero-order chi connectivity index (χ0) is 19.6. The van der Waals surface area contributed by atoms with Crippen LogP contribution < -0.4 is 9.47 Å². The van der Waals surface area contributed by atoms with E-state index in [1.807, 2.05) is 13.8 Å². The largest absolute Gasteiger partial charge is 0.494 e. The van der Waals surface area contributed by atoms with E-state index in [2.05, 4.69) is 0 Å². The monoisotopic (exact) mass is 372 g/mol. The van der Waals surface area contributed by atoms with Crippen LogP contribution in [0.3, 0.4) is 0 Å². The zero-order valence-corrected chi connectivity index (χ0v) is 15.8. The summed E-state index contributed by atoms with van der Waals surface area (Å²) in [6.45, 7) is 6.52. The molecule has 0 aromatic heterocycles. The molecular weight excluding hydrogens is 348 g/mol. The van der Waals surface area contributed by atoms with Crippen LogP contribution in [0.25, 0.3) is 0 Å². The second-order valence-corrected chi connectivity index (χ2v) is 5.73. The lowest BCUT2D eigenvalue weighted by molar-refractivity contribution is 0.00447. The Morgan fingerprint density at radius 3 is 1.67 bits per heavy atom. The smallest absolute Gasteiger partial charge is 0.338 e. The van der Waals surface area contributed by atoms with E-state index in [-0.39, 0.29) is 6.61 Å². The summed E-state index contributed by atoms with van der Waals surface area (Å²) in [5.41, 5.74) is 0.812. The van der Waals surface area contributed by atoms with E-state index in [9.17, 15) is 9.59 Å². The maximum atomic E-state index is 12.1. The molecule has 27 heavy (non-hydrogen) atoms. The second-order valence-electron chi connectivity index (χ2n) is 5.73. The number of ether oxygens (including phenoxy) is 4. The molecule has 0 N–H and O–H groups in total. The number of carbonyl (C=O) groups excluding carboxylic acids is 2. The maximum absolute atomic E-state index is 12.1. The van der Waals surface area contributed by atoms with E-state index >= 15 is 0 Å². The lowest BCUT2D eigenvalue weighted by Gasteiger charge is -2.14. The van der Waals surface area contributed by atoms with Crippen molar-refractivity contribution in [1.29, 1.82) is 0 Å². The van der Waals surface area contributed by atoms with Crippen molar-refractivity contribution in [3.8, 4) is 11.5 Å². The topological polar surface area (TPSA) is 71.1 Å². The predicted molar refractivity (Wildman–Crippen MR) is 100 cm³/mol. The fraction of sp³-hybridized carbons (Fsp3) is 0.333. The number of esters is 2. The van der Waals surface area contributed by atoms with Crippen LogP contribution in [-0.4, -0.2) is 37.9 Å². The van der Waals surface area contributed by atoms with Gasteiger partial charge in [-0.2, -0.15) is 0 Å². The first-order valence-corrected chi connectivity index (χ1v) is 8.87. The number of benzene rings is 2. The van der Waals surface area contributed by atoms with Gasteiger partial charge in [0.1, 0.15) is 24.2 Å². The minimum atomic E-state index is -0.573. The van der Waals surface area contributed by atoms with Gasteiger partial charge in [-0.1, -0.05) is 0 Å². The first kappa shape index (κ1) is 20.3. The fourth-order valence-corrected chi connectivity index (χ4v) is 2.27. The highest BCUT2D eigenvalue weighted by Crippen LogP contribution is 2.15. The minimum Gasteiger partial charge on any atom is -0.494 e. The summed E-state index contributed by atoms with van der Waals surface area (Å²) >= 11 is 0. The first-order valence-electron chi connectivity index (χ1n) is 8.87. The summed E-state index contributed by atoms with van der Waals surface area (Å²) < 4.78 is 21.2. The van der Waals surface area contributed by atoms with Gasteiger partial charge < -0.3 is 18.9 Å². The van der Waals surface area contributed by atoms with Gasteiger partial charge in [0.15, 0.2) is 0 Å². The summed E-state index contributed by atoms with van der Waals surface area (Å²) in [7, 11) is 0. The molecule has 2 aromatic carbocycles. The van der Waals surface area contributed by atoms with E-state index in [1.54, 1.807) is 55.5 Å². The zero-order valence-electron chi connectivity index (χ0n) is 15.8. The Bertz CT molecular complexity index is 736. The predicted octanol–water partition coefficient (Wildman–Crippen LogP) is 3.89. The van der Waals surface area contributed by atoms with Crippen LogP contribution in [0, 0.1) is 0 Å². The van der Waals surface area contributed by atoms with Crippen LogP contribution in [0.4, 0.5) is 0 Å². The van der Waals surface area contributed by atoms with Crippen molar-refractivity contribution in [2.45, 2.75) is 26.9 Å². The molecule has 0 spiro atoms. The van der Waals surface area contributed by atoms with Gasteiger partial charge in [0.2, 0.25) is 0 Å². The summed E-state index contributed by atoms with van der Waals surface area (Å²) in [6.07, 6.45) is -0.573. The molecule has 0 aliphatic carbocycles. The molecule has 0 aliphatic heterocycles. The Kier molecular flexibility index (Phi) is 7.67. The van der Waals surface area contributed by atoms with Crippen LogP contribution in [0.1, 0.15) is 41.5 Å². The Balaban J connectivity index is 1.81. The van der Waals surface area contributed by atoms with E-state index in [0.29, 0.717) is 35.8 Å². The van der Waals surface area contributed by atoms with Crippen molar-refractivity contribution in [2.75, 3.05) is 19.8 Å². The van der Waals surface area contributed by atoms with Crippen LogP contribution in [0.15, 0.2) is 48.5 Å². The first-order chi connectivity index (χ1) is 13.0. The summed E-state index contributed by atoms with van der Waals surface area (Å²) in [5, 5.41) is 0. The third-order valence-electron chi connectivity index (χ3n) is 3.56. The number of carbonyl (C=O) groups is 2. The van der Waals surface area contributed by atoms with Crippen molar-refractivity contribution in [2.24, 2.45) is 0 Å². The molecule has 144 valence electrons. The molecule has 0 bridgehead atoms.